The third-order valence-electron chi connectivity index (χ3n) is 3.59. The van der Waals surface area contributed by atoms with Gasteiger partial charge in [-0.25, -0.2) is 13.1 Å². The maximum absolute atomic E-state index is 12.2. The molecule has 0 saturated heterocycles. The van der Waals surface area contributed by atoms with Crippen LogP contribution in [-0.2, 0) is 22.7 Å². The van der Waals surface area contributed by atoms with Crippen LogP contribution in [0.1, 0.15) is 12.5 Å². The van der Waals surface area contributed by atoms with Crippen molar-refractivity contribution in [3.63, 3.8) is 0 Å². The Balaban J connectivity index is 1.76. The fourth-order valence-electron chi connectivity index (χ4n) is 2.19. The molecule has 1 aliphatic rings. The molecule has 124 valence electrons. The Bertz CT molecular complexity index is 829. The van der Waals surface area contributed by atoms with Crippen LogP contribution in [0.15, 0.2) is 35.5 Å². The number of aryl methyl sites for hydroxylation is 1. The summed E-state index contributed by atoms with van der Waals surface area (Å²) in [6.07, 6.45) is 2.63. The summed E-state index contributed by atoms with van der Waals surface area (Å²) in [6.45, 7) is 1.47. The van der Waals surface area contributed by atoms with E-state index < -0.39 is 15.6 Å². The van der Waals surface area contributed by atoms with Gasteiger partial charge in [0.25, 0.3) is 0 Å². The third kappa shape index (κ3) is 3.16. The topological polar surface area (TPSA) is 103 Å². The molecule has 0 unspecified atom stereocenters. The largest absolute Gasteiger partial charge is 0.454 e. The number of rotatable bonds is 5. The molecule has 3 rings (SSSR count). The zero-order valence-electron chi connectivity index (χ0n) is 12.7. The molecule has 1 atom stereocenters. The second kappa shape index (κ2) is 5.52. The third-order valence-corrected chi connectivity index (χ3v) is 4.95. The number of aromatic nitrogens is 2. The van der Waals surface area contributed by atoms with Gasteiger partial charge >= 0.3 is 0 Å². The average Bonchev–Trinajstić information content (AvgIpc) is 3.13. The Hall–Kier alpha value is -2.10. The van der Waals surface area contributed by atoms with Crippen molar-refractivity contribution in [1.29, 1.82) is 0 Å². The van der Waals surface area contributed by atoms with Crippen LogP contribution in [0.4, 0.5) is 0 Å². The summed E-state index contributed by atoms with van der Waals surface area (Å²) in [4.78, 5) is 0.0430. The van der Waals surface area contributed by atoms with Gasteiger partial charge in [-0.15, -0.1) is 0 Å². The molecule has 23 heavy (non-hydrogen) atoms. The number of hydrogen-bond acceptors (Lipinski definition) is 6. The highest BCUT2D eigenvalue weighted by molar-refractivity contribution is 7.89. The van der Waals surface area contributed by atoms with Crippen molar-refractivity contribution >= 4 is 10.0 Å². The normalized spacial score (nSPS) is 16.3. The van der Waals surface area contributed by atoms with Crippen LogP contribution in [0.5, 0.6) is 11.5 Å². The van der Waals surface area contributed by atoms with Crippen LogP contribution >= 0.6 is 0 Å². The lowest BCUT2D eigenvalue weighted by molar-refractivity contribution is 0.0625. The average molecular weight is 339 g/mol. The smallest absolute Gasteiger partial charge is 0.243 e. The molecule has 2 N–H and O–H groups in total. The molecule has 1 aromatic heterocycles. The minimum atomic E-state index is -3.74. The Morgan fingerprint density at radius 1 is 1.39 bits per heavy atom. The standard InChI is InChI=1S/C14H17N3O5S/c1-14(18,10-3-4-12-13(5-10)22-9-21-12)8-16-23(19,20)11-6-15-17(2)7-11/h3-7,16,18H,8-9H2,1-2H3/t14-/m0/s1. The van der Waals surface area contributed by atoms with Crippen molar-refractivity contribution in [2.24, 2.45) is 7.05 Å². The monoisotopic (exact) mass is 339 g/mol. The molecule has 0 amide bonds. The zero-order valence-corrected chi connectivity index (χ0v) is 13.5. The molecule has 8 nitrogen and oxygen atoms in total. The molecular weight excluding hydrogens is 322 g/mol. The van der Waals surface area contributed by atoms with Crippen molar-refractivity contribution in [3.05, 3.63) is 36.2 Å². The summed E-state index contributed by atoms with van der Waals surface area (Å²) in [5.41, 5.74) is -0.883. The molecule has 1 aromatic carbocycles. The number of nitrogens with zero attached hydrogens (tertiary/aromatic N) is 2. The summed E-state index contributed by atoms with van der Waals surface area (Å²) in [6, 6.07) is 4.99. The zero-order chi connectivity index (χ0) is 16.7. The van der Waals surface area contributed by atoms with Crippen LogP contribution in [0.2, 0.25) is 0 Å². The summed E-state index contributed by atoms with van der Waals surface area (Å²) < 4.78 is 38.7. The molecular formula is C14H17N3O5S. The lowest BCUT2D eigenvalue weighted by Gasteiger charge is -2.24. The molecule has 0 bridgehead atoms. The fourth-order valence-corrected chi connectivity index (χ4v) is 3.31. The van der Waals surface area contributed by atoms with Gasteiger partial charge in [0.15, 0.2) is 11.5 Å². The summed E-state index contributed by atoms with van der Waals surface area (Å²) in [7, 11) is -2.11. The van der Waals surface area contributed by atoms with Crippen LogP contribution in [-0.4, -0.2) is 36.6 Å². The molecule has 2 aromatic rings. The van der Waals surface area contributed by atoms with E-state index in [9.17, 15) is 13.5 Å². The predicted molar refractivity (Wildman–Crippen MR) is 80.5 cm³/mol. The first-order chi connectivity index (χ1) is 10.8. The molecule has 0 fully saturated rings. The van der Waals surface area contributed by atoms with Crippen LogP contribution in [0.25, 0.3) is 0 Å². The van der Waals surface area contributed by atoms with Crippen molar-refractivity contribution < 1.29 is 23.0 Å². The Morgan fingerprint density at radius 2 is 2.13 bits per heavy atom. The van der Waals surface area contributed by atoms with Crippen molar-refractivity contribution in [3.8, 4) is 11.5 Å². The van der Waals surface area contributed by atoms with E-state index in [2.05, 4.69) is 9.82 Å². The van der Waals surface area contributed by atoms with Crippen LogP contribution in [0.3, 0.4) is 0 Å². The molecule has 1 aliphatic heterocycles. The van der Waals surface area contributed by atoms with E-state index in [1.807, 2.05) is 0 Å². The Labute approximate surface area is 133 Å². The van der Waals surface area contributed by atoms with Crippen molar-refractivity contribution in [2.75, 3.05) is 13.3 Å². The molecule has 0 spiro atoms. The van der Waals surface area contributed by atoms with Gasteiger partial charge in [-0.3, -0.25) is 4.68 Å². The number of hydrogen-bond donors (Lipinski definition) is 2. The van der Waals surface area contributed by atoms with E-state index in [0.29, 0.717) is 17.1 Å². The first kappa shape index (κ1) is 15.8. The number of benzene rings is 1. The van der Waals surface area contributed by atoms with Gasteiger partial charge in [-0.1, -0.05) is 6.07 Å². The van der Waals surface area contributed by atoms with E-state index in [4.69, 9.17) is 9.47 Å². The maximum Gasteiger partial charge on any atom is 0.243 e. The van der Waals surface area contributed by atoms with Gasteiger partial charge in [-0.2, -0.15) is 5.10 Å². The van der Waals surface area contributed by atoms with Crippen LogP contribution in [0, 0.1) is 0 Å². The first-order valence-corrected chi connectivity index (χ1v) is 8.37. The number of nitrogens with one attached hydrogen (secondary N) is 1. The SMILES string of the molecule is Cn1cc(S(=O)(=O)NC[C@](C)(O)c2ccc3c(c2)OCO3)cn1. The minimum absolute atomic E-state index is 0.0430. The second-order valence-corrected chi connectivity index (χ2v) is 7.28. The quantitative estimate of drug-likeness (QED) is 0.814. The van der Waals surface area contributed by atoms with Gasteiger partial charge in [0.1, 0.15) is 10.5 Å². The number of sulfonamides is 1. The van der Waals surface area contributed by atoms with E-state index in [-0.39, 0.29) is 18.2 Å². The summed E-state index contributed by atoms with van der Waals surface area (Å²) >= 11 is 0. The van der Waals surface area contributed by atoms with Gasteiger partial charge in [0.05, 0.1) is 6.20 Å². The first-order valence-electron chi connectivity index (χ1n) is 6.89. The van der Waals surface area contributed by atoms with Crippen molar-refractivity contribution in [2.45, 2.75) is 17.4 Å². The Morgan fingerprint density at radius 3 is 2.83 bits per heavy atom. The molecule has 0 aliphatic carbocycles. The second-order valence-electron chi connectivity index (χ2n) is 5.52. The van der Waals surface area contributed by atoms with Gasteiger partial charge < -0.3 is 14.6 Å². The van der Waals surface area contributed by atoms with Gasteiger partial charge in [0, 0.05) is 19.8 Å². The van der Waals surface area contributed by atoms with Crippen LogP contribution < -0.4 is 14.2 Å². The molecule has 0 saturated carbocycles. The molecule has 9 heteroatoms. The summed E-state index contributed by atoms with van der Waals surface area (Å²) in [5.74, 6) is 1.12. The van der Waals surface area contributed by atoms with Gasteiger partial charge in [0.2, 0.25) is 16.8 Å². The minimum Gasteiger partial charge on any atom is -0.454 e. The summed E-state index contributed by atoms with van der Waals surface area (Å²) in [5, 5.41) is 14.4. The van der Waals surface area contributed by atoms with Gasteiger partial charge in [-0.05, 0) is 24.6 Å². The highest BCUT2D eigenvalue weighted by atomic mass is 32.2. The highest BCUT2D eigenvalue weighted by Gasteiger charge is 2.28. The van der Waals surface area contributed by atoms with E-state index in [1.54, 1.807) is 25.2 Å². The van der Waals surface area contributed by atoms with E-state index in [0.717, 1.165) is 0 Å². The highest BCUT2D eigenvalue weighted by Crippen LogP contribution is 2.35. The maximum atomic E-state index is 12.2. The lowest BCUT2D eigenvalue weighted by Crippen LogP contribution is -2.38. The number of fused-ring (bicyclic) bond motifs is 1. The number of ether oxygens (including phenoxy) is 2. The van der Waals surface area contributed by atoms with E-state index in [1.165, 1.54) is 24.0 Å². The number of aliphatic hydroxyl groups is 1. The lowest BCUT2D eigenvalue weighted by atomic mass is 9.96. The molecule has 2 heterocycles. The Kier molecular flexibility index (Phi) is 3.78. The fraction of sp³-hybridized carbons (Fsp3) is 0.357. The van der Waals surface area contributed by atoms with Crippen molar-refractivity contribution in [1.82, 2.24) is 14.5 Å². The predicted octanol–water partition coefficient (Wildman–Crippen LogP) is 0.335. The molecule has 0 radical (unpaired) electrons. The van der Waals surface area contributed by atoms with E-state index >= 15 is 0 Å².